The first kappa shape index (κ1) is 23.5. The topological polar surface area (TPSA) is 104 Å². The van der Waals surface area contributed by atoms with Crippen LogP contribution in [0.25, 0.3) is 11.0 Å². The summed E-state index contributed by atoms with van der Waals surface area (Å²) in [4.78, 5) is 46.1. The van der Waals surface area contributed by atoms with Crippen LogP contribution < -0.4 is 11.1 Å². The molecule has 10 heteroatoms. The molecule has 1 saturated heterocycles. The van der Waals surface area contributed by atoms with Crippen molar-refractivity contribution in [1.29, 1.82) is 0 Å². The highest BCUT2D eigenvalue weighted by molar-refractivity contribution is 5.97. The summed E-state index contributed by atoms with van der Waals surface area (Å²) in [6.07, 6.45) is 5.22. The second-order valence-corrected chi connectivity index (χ2v) is 9.53. The quantitative estimate of drug-likeness (QED) is 0.513. The van der Waals surface area contributed by atoms with Crippen LogP contribution in [-0.2, 0) is 17.8 Å². The number of aromatic nitrogens is 5. The molecule has 2 aliphatic rings. The number of amides is 1. The van der Waals surface area contributed by atoms with Crippen LogP contribution >= 0.6 is 0 Å². The molecule has 1 saturated carbocycles. The molecule has 1 aliphatic carbocycles. The highest BCUT2D eigenvalue weighted by atomic mass is 16.5. The number of ether oxygens (including phenoxy) is 1. The van der Waals surface area contributed by atoms with Gasteiger partial charge in [-0.15, -0.1) is 0 Å². The van der Waals surface area contributed by atoms with Crippen molar-refractivity contribution < 1.29 is 9.53 Å². The van der Waals surface area contributed by atoms with Gasteiger partial charge in [0.1, 0.15) is 17.0 Å². The third-order valence-electron chi connectivity index (χ3n) is 7.02. The maximum atomic E-state index is 13.6. The first-order valence-corrected chi connectivity index (χ1v) is 12.4. The maximum absolute atomic E-state index is 13.6. The Labute approximate surface area is 203 Å². The number of aryl methyl sites for hydroxylation is 2. The molecule has 2 fully saturated rings. The minimum atomic E-state index is -0.289. The number of hydrogen-bond acceptors (Lipinski definition) is 6. The van der Waals surface area contributed by atoms with E-state index in [2.05, 4.69) is 10.1 Å². The predicted molar refractivity (Wildman–Crippen MR) is 131 cm³/mol. The monoisotopic (exact) mass is 480 g/mol. The van der Waals surface area contributed by atoms with Crippen LogP contribution in [0, 0.1) is 6.92 Å². The molecule has 3 aromatic rings. The van der Waals surface area contributed by atoms with E-state index >= 15 is 0 Å². The Bertz CT molecular complexity index is 1380. The average molecular weight is 481 g/mol. The number of hydrogen-bond donors (Lipinski definition) is 0. The van der Waals surface area contributed by atoms with E-state index in [1.54, 1.807) is 30.3 Å². The normalized spacial score (nSPS) is 18.4. The zero-order chi connectivity index (χ0) is 24.7. The lowest BCUT2D eigenvalue weighted by Gasteiger charge is -2.32. The summed E-state index contributed by atoms with van der Waals surface area (Å²) in [6.45, 7) is 6.27. The third-order valence-corrected chi connectivity index (χ3v) is 7.02. The maximum Gasteiger partial charge on any atom is 0.346 e. The lowest BCUT2D eigenvalue weighted by Crippen LogP contribution is -2.42. The SMILES string of the molecule is CCn1cc(C(=O)N2CCCC(c3nn(CCOC)c(=O)n3C3CC3)C2)c(=O)c2ccc(C)nc21. The fraction of sp³-hybridized carbons (Fsp3) is 0.560. The highest BCUT2D eigenvalue weighted by Crippen LogP contribution is 2.37. The largest absolute Gasteiger partial charge is 0.383 e. The van der Waals surface area contributed by atoms with Gasteiger partial charge in [-0.3, -0.25) is 14.2 Å². The Hall–Kier alpha value is -3.27. The van der Waals surface area contributed by atoms with Crippen LogP contribution in [0.15, 0.2) is 27.9 Å². The number of carbonyl (C=O) groups is 1. The number of fused-ring (bicyclic) bond motifs is 1. The summed E-state index contributed by atoms with van der Waals surface area (Å²) in [5, 5.41) is 5.12. The van der Waals surface area contributed by atoms with Crippen LogP contribution in [0.3, 0.4) is 0 Å². The fourth-order valence-corrected chi connectivity index (χ4v) is 5.01. The van der Waals surface area contributed by atoms with Crippen molar-refractivity contribution in [2.75, 3.05) is 26.8 Å². The van der Waals surface area contributed by atoms with Gasteiger partial charge in [0.15, 0.2) is 0 Å². The van der Waals surface area contributed by atoms with Gasteiger partial charge in [0.25, 0.3) is 5.91 Å². The minimum Gasteiger partial charge on any atom is -0.383 e. The van der Waals surface area contributed by atoms with E-state index in [1.807, 2.05) is 23.0 Å². The van der Waals surface area contributed by atoms with Crippen LogP contribution in [-0.4, -0.2) is 61.5 Å². The third kappa shape index (κ3) is 4.31. The van der Waals surface area contributed by atoms with Gasteiger partial charge in [0.2, 0.25) is 5.43 Å². The average Bonchev–Trinajstić information content (AvgIpc) is 3.65. The van der Waals surface area contributed by atoms with Gasteiger partial charge in [-0.05, 0) is 51.7 Å². The number of pyridine rings is 2. The molecule has 35 heavy (non-hydrogen) atoms. The van der Waals surface area contributed by atoms with Crippen LogP contribution in [0.4, 0.5) is 0 Å². The van der Waals surface area contributed by atoms with E-state index in [-0.39, 0.29) is 34.5 Å². The number of methoxy groups -OCH3 is 1. The van der Waals surface area contributed by atoms with Crippen molar-refractivity contribution >= 4 is 16.9 Å². The molecular formula is C25H32N6O4. The Balaban J connectivity index is 1.46. The molecule has 0 radical (unpaired) electrons. The number of piperidine rings is 1. The lowest BCUT2D eigenvalue weighted by atomic mass is 9.96. The highest BCUT2D eigenvalue weighted by Gasteiger charge is 2.35. The lowest BCUT2D eigenvalue weighted by molar-refractivity contribution is 0.0701. The molecule has 0 N–H and O–H groups in total. The van der Waals surface area contributed by atoms with Crippen molar-refractivity contribution in [2.24, 2.45) is 0 Å². The predicted octanol–water partition coefficient (Wildman–Crippen LogP) is 2.08. The summed E-state index contributed by atoms with van der Waals surface area (Å²) in [6, 6.07) is 3.74. The summed E-state index contributed by atoms with van der Waals surface area (Å²) in [5.41, 5.74) is 1.19. The first-order chi connectivity index (χ1) is 16.9. The molecular weight excluding hydrogens is 448 g/mol. The Morgan fingerprint density at radius 2 is 2.00 bits per heavy atom. The van der Waals surface area contributed by atoms with E-state index in [0.717, 1.165) is 37.2 Å². The Morgan fingerprint density at radius 1 is 1.20 bits per heavy atom. The molecule has 0 spiro atoms. The standard InChI is InChI=1S/C25H32N6O4/c1-4-28-15-20(21(32)19-10-7-16(2)26-23(19)28)24(33)29-11-5-6-17(14-29)22-27-30(12-13-35-3)25(34)31(22)18-8-9-18/h7,10,15,17-18H,4-6,8-9,11-14H2,1-3H3. The van der Waals surface area contributed by atoms with Crippen LogP contribution in [0.1, 0.15) is 66.4 Å². The zero-order valence-corrected chi connectivity index (χ0v) is 20.6. The molecule has 1 atom stereocenters. The molecule has 0 aromatic carbocycles. The molecule has 3 aromatic heterocycles. The van der Waals surface area contributed by atoms with Gasteiger partial charge >= 0.3 is 5.69 Å². The van der Waals surface area contributed by atoms with Gasteiger partial charge in [-0.1, -0.05) is 0 Å². The van der Waals surface area contributed by atoms with E-state index in [0.29, 0.717) is 43.8 Å². The van der Waals surface area contributed by atoms with Gasteiger partial charge in [-0.25, -0.2) is 14.5 Å². The second kappa shape index (κ2) is 9.41. The van der Waals surface area contributed by atoms with Crippen molar-refractivity contribution in [3.8, 4) is 0 Å². The summed E-state index contributed by atoms with van der Waals surface area (Å²) >= 11 is 0. The first-order valence-electron chi connectivity index (χ1n) is 12.4. The van der Waals surface area contributed by atoms with Crippen LogP contribution in [0.5, 0.6) is 0 Å². The van der Waals surface area contributed by atoms with E-state index in [1.165, 1.54) is 4.68 Å². The van der Waals surface area contributed by atoms with Gasteiger partial charge in [0, 0.05) is 50.6 Å². The molecule has 0 bridgehead atoms. The number of rotatable bonds is 7. The molecule has 1 unspecified atom stereocenters. The van der Waals surface area contributed by atoms with Crippen molar-refractivity contribution in [1.82, 2.24) is 28.8 Å². The molecule has 1 aliphatic heterocycles. The zero-order valence-electron chi connectivity index (χ0n) is 20.6. The minimum absolute atomic E-state index is 0.0528. The molecule has 186 valence electrons. The summed E-state index contributed by atoms with van der Waals surface area (Å²) < 4.78 is 10.3. The van der Waals surface area contributed by atoms with Gasteiger partial charge < -0.3 is 14.2 Å². The summed E-state index contributed by atoms with van der Waals surface area (Å²) in [7, 11) is 1.60. The second-order valence-electron chi connectivity index (χ2n) is 9.53. The number of nitrogens with zero attached hydrogens (tertiary/aromatic N) is 6. The van der Waals surface area contributed by atoms with E-state index < -0.39 is 0 Å². The molecule has 1 amide bonds. The fourth-order valence-electron chi connectivity index (χ4n) is 5.01. The van der Waals surface area contributed by atoms with Crippen molar-refractivity contribution in [3.63, 3.8) is 0 Å². The molecule has 4 heterocycles. The van der Waals surface area contributed by atoms with Gasteiger partial charge in [-0.2, -0.15) is 5.10 Å². The van der Waals surface area contributed by atoms with E-state index in [4.69, 9.17) is 4.74 Å². The Kier molecular flexibility index (Phi) is 6.31. The smallest absolute Gasteiger partial charge is 0.346 e. The molecule has 10 nitrogen and oxygen atoms in total. The van der Waals surface area contributed by atoms with Crippen molar-refractivity contribution in [3.05, 3.63) is 56.1 Å². The van der Waals surface area contributed by atoms with Crippen molar-refractivity contribution in [2.45, 2.75) is 64.6 Å². The number of carbonyl (C=O) groups excluding carboxylic acids is 1. The molecule has 5 rings (SSSR count). The Morgan fingerprint density at radius 3 is 2.71 bits per heavy atom. The van der Waals surface area contributed by atoms with Gasteiger partial charge in [0.05, 0.1) is 18.5 Å². The number of likely N-dealkylation sites (tertiary alicyclic amines) is 1. The van der Waals surface area contributed by atoms with E-state index in [9.17, 15) is 14.4 Å². The van der Waals surface area contributed by atoms with Crippen LogP contribution in [0.2, 0.25) is 0 Å². The summed E-state index contributed by atoms with van der Waals surface area (Å²) in [5.74, 6) is 0.418.